The summed E-state index contributed by atoms with van der Waals surface area (Å²) in [6, 6.07) is 11.9. The predicted octanol–water partition coefficient (Wildman–Crippen LogP) is 5.96. The molecule has 1 heterocycles. The second-order valence-electron chi connectivity index (χ2n) is 9.67. The SMILES string of the molecule is COc1ccccc1C1C(C(=O)Nc2ccccc2C(F)(F)F)=C(C)NC2=C1C(=O)CC(C)(C)C2. The van der Waals surface area contributed by atoms with E-state index in [0.717, 1.165) is 11.8 Å². The maximum Gasteiger partial charge on any atom is 0.418 e. The van der Waals surface area contributed by atoms with Crippen molar-refractivity contribution in [2.45, 2.75) is 45.7 Å². The van der Waals surface area contributed by atoms with Crippen molar-refractivity contribution >= 4 is 17.4 Å². The Kier molecular flexibility index (Phi) is 6.25. The van der Waals surface area contributed by atoms with E-state index in [-0.39, 0.29) is 22.5 Å². The highest BCUT2D eigenvalue weighted by molar-refractivity contribution is 6.10. The van der Waals surface area contributed by atoms with Gasteiger partial charge in [0.15, 0.2) is 5.78 Å². The topological polar surface area (TPSA) is 67.4 Å². The highest BCUT2D eigenvalue weighted by Crippen LogP contribution is 2.48. The second kappa shape index (κ2) is 8.91. The third-order valence-electron chi connectivity index (χ3n) is 6.41. The number of anilines is 1. The summed E-state index contributed by atoms with van der Waals surface area (Å²) in [5.41, 5.74) is 0.885. The molecule has 5 nitrogen and oxygen atoms in total. The van der Waals surface area contributed by atoms with Gasteiger partial charge in [0.1, 0.15) is 5.75 Å². The van der Waals surface area contributed by atoms with Crippen molar-refractivity contribution in [3.05, 3.63) is 82.2 Å². The van der Waals surface area contributed by atoms with Gasteiger partial charge < -0.3 is 15.4 Å². The number of amides is 1. The van der Waals surface area contributed by atoms with Crippen LogP contribution in [0.2, 0.25) is 0 Å². The van der Waals surface area contributed by atoms with Gasteiger partial charge in [-0.2, -0.15) is 13.2 Å². The summed E-state index contributed by atoms with van der Waals surface area (Å²) in [5.74, 6) is -1.12. The maximum atomic E-state index is 13.6. The normalized spacial score (nSPS) is 19.7. The first kappa shape index (κ1) is 24.6. The van der Waals surface area contributed by atoms with Gasteiger partial charge in [-0.3, -0.25) is 9.59 Å². The molecule has 4 rings (SSSR count). The third kappa shape index (κ3) is 4.70. The summed E-state index contributed by atoms with van der Waals surface area (Å²) in [5, 5.41) is 5.67. The molecule has 2 aromatic carbocycles. The fraction of sp³-hybridized carbons (Fsp3) is 0.333. The number of para-hydroxylation sites is 2. The first-order valence-corrected chi connectivity index (χ1v) is 11.3. The monoisotopic (exact) mass is 484 g/mol. The van der Waals surface area contributed by atoms with Crippen LogP contribution in [0.5, 0.6) is 5.75 Å². The highest BCUT2D eigenvalue weighted by Gasteiger charge is 2.44. The molecule has 1 aliphatic heterocycles. The van der Waals surface area contributed by atoms with Crippen molar-refractivity contribution in [3.63, 3.8) is 0 Å². The van der Waals surface area contributed by atoms with Crippen LogP contribution in [0.3, 0.4) is 0 Å². The molecule has 184 valence electrons. The predicted molar refractivity (Wildman–Crippen MR) is 127 cm³/mol. The van der Waals surface area contributed by atoms with E-state index in [1.807, 2.05) is 13.8 Å². The molecule has 0 radical (unpaired) electrons. The molecule has 1 aliphatic carbocycles. The molecular formula is C27H27F3N2O3. The molecule has 2 N–H and O–H groups in total. The van der Waals surface area contributed by atoms with E-state index in [2.05, 4.69) is 10.6 Å². The molecule has 35 heavy (non-hydrogen) atoms. The van der Waals surface area contributed by atoms with E-state index in [0.29, 0.717) is 35.4 Å². The van der Waals surface area contributed by atoms with Crippen LogP contribution in [0.4, 0.5) is 18.9 Å². The maximum absolute atomic E-state index is 13.6. The number of ether oxygens (including phenoxy) is 1. The lowest BCUT2D eigenvalue weighted by molar-refractivity contribution is -0.137. The zero-order valence-corrected chi connectivity index (χ0v) is 20.0. The number of alkyl halides is 3. The van der Waals surface area contributed by atoms with Gasteiger partial charge in [0.25, 0.3) is 5.91 Å². The number of hydrogen-bond acceptors (Lipinski definition) is 4. The van der Waals surface area contributed by atoms with Crippen LogP contribution in [-0.2, 0) is 15.8 Å². The smallest absolute Gasteiger partial charge is 0.418 e. The van der Waals surface area contributed by atoms with E-state index < -0.39 is 23.6 Å². The number of hydrogen-bond donors (Lipinski definition) is 2. The molecular weight excluding hydrogens is 457 g/mol. The molecule has 0 bridgehead atoms. The minimum absolute atomic E-state index is 0.104. The largest absolute Gasteiger partial charge is 0.496 e. The minimum atomic E-state index is -4.64. The Balaban J connectivity index is 1.85. The van der Waals surface area contributed by atoms with Gasteiger partial charge in [0.2, 0.25) is 0 Å². The molecule has 0 saturated carbocycles. The Morgan fingerprint density at radius 2 is 1.74 bits per heavy atom. The van der Waals surface area contributed by atoms with Crippen molar-refractivity contribution in [2.75, 3.05) is 12.4 Å². The Morgan fingerprint density at radius 3 is 2.43 bits per heavy atom. The fourth-order valence-corrected chi connectivity index (χ4v) is 4.98. The van der Waals surface area contributed by atoms with Gasteiger partial charge in [0.05, 0.1) is 24.3 Å². The van der Waals surface area contributed by atoms with Crippen LogP contribution >= 0.6 is 0 Å². The van der Waals surface area contributed by atoms with Crippen molar-refractivity contribution in [1.82, 2.24) is 5.32 Å². The number of halogens is 3. The summed E-state index contributed by atoms with van der Waals surface area (Å²) in [6.07, 6.45) is -3.74. The average molecular weight is 485 g/mol. The summed E-state index contributed by atoms with van der Waals surface area (Å²) in [6.45, 7) is 5.70. The molecule has 1 atom stereocenters. The molecule has 0 saturated heterocycles. The standard InChI is InChI=1S/C27H27F3N2O3/c1-15-22(25(34)32-18-11-7-6-10-17(18)27(28,29)30)23(16-9-5-8-12-21(16)35-4)24-19(31-15)13-26(2,3)14-20(24)33/h5-12,23,31H,13-14H2,1-4H3,(H,32,34). The van der Waals surface area contributed by atoms with E-state index in [9.17, 15) is 22.8 Å². The van der Waals surface area contributed by atoms with E-state index in [1.165, 1.54) is 25.3 Å². The molecule has 0 aromatic heterocycles. The number of carbonyl (C=O) groups excluding carboxylic acids is 2. The van der Waals surface area contributed by atoms with Gasteiger partial charge in [-0.05, 0) is 37.0 Å². The van der Waals surface area contributed by atoms with Crippen LogP contribution < -0.4 is 15.4 Å². The quantitative estimate of drug-likeness (QED) is 0.562. The summed E-state index contributed by atoms with van der Waals surface area (Å²) < 4.78 is 46.2. The summed E-state index contributed by atoms with van der Waals surface area (Å²) in [7, 11) is 1.50. The van der Waals surface area contributed by atoms with Crippen LogP contribution in [0.1, 0.15) is 50.7 Å². The lowest BCUT2D eigenvalue weighted by Crippen LogP contribution is -2.39. The molecule has 2 aromatic rings. The third-order valence-corrected chi connectivity index (χ3v) is 6.41. The number of ketones is 1. The summed E-state index contributed by atoms with van der Waals surface area (Å²) >= 11 is 0. The highest BCUT2D eigenvalue weighted by atomic mass is 19.4. The fourth-order valence-electron chi connectivity index (χ4n) is 4.98. The van der Waals surface area contributed by atoms with Gasteiger partial charge in [-0.1, -0.05) is 44.2 Å². The van der Waals surface area contributed by atoms with Gasteiger partial charge in [-0.25, -0.2) is 0 Å². The van der Waals surface area contributed by atoms with Crippen molar-refractivity contribution < 1.29 is 27.5 Å². The average Bonchev–Trinajstić information content (AvgIpc) is 2.76. The molecule has 1 amide bonds. The lowest BCUT2D eigenvalue weighted by atomic mass is 9.68. The number of carbonyl (C=O) groups is 2. The summed E-state index contributed by atoms with van der Waals surface area (Å²) in [4.78, 5) is 27.0. The number of methoxy groups -OCH3 is 1. The van der Waals surface area contributed by atoms with Gasteiger partial charge in [0, 0.05) is 34.5 Å². The van der Waals surface area contributed by atoms with Gasteiger partial charge in [-0.15, -0.1) is 0 Å². The minimum Gasteiger partial charge on any atom is -0.496 e. The number of nitrogens with one attached hydrogen (secondary N) is 2. The number of rotatable bonds is 4. The van der Waals surface area contributed by atoms with E-state index in [1.54, 1.807) is 31.2 Å². The second-order valence-corrected chi connectivity index (χ2v) is 9.67. The van der Waals surface area contributed by atoms with Crippen molar-refractivity contribution in [2.24, 2.45) is 5.41 Å². The van der Waals surface area contributed by atoms with Crippen LogP contribution in [0, 0.1) is 5.41 Å². The van der Waals surface area contributed by atoms with Crippen LogP contribution in [0.25, 0.3) is 0 Å². The van der Waals surface area contributed by atoms with Gasteiger partial charge >= 0.3 is 6.18 Å². The molecule has 1 unspecified atom stereocenters. The van der Waals surface area contributed by atoms with Crippen molar-refractivity contribution in [3.8, 4) is 5.75 Å². The number of Topliss-reactive ketones (excluding diaryl/α,β-unsaturated/α-hetero) is 1. The van der Waals surface area contributed by atoms with E-state index >= 15 is 0 Å². The molecule has 8 heteroatoms. The zero-order valence-electron chi connectivity index (χ0n) is 20.0. The Labute approximate surface area is 202 Å². The Bertz CT molecular complexity index is 1260. The van der Waals surface area contributed by atoms with E-state index in [4.69, 9.17) is 4.74 Å². The Morgan fingerprint density at radius 1 is 1.09 bits per heavy atom. The molecule has 0 fully saturated rings. The Hall–Kier alpha value is -3.55. The number of allylic oxidation sites excluding steroid dienone is 3. The van der Waals surface area contributed by atoms with Crippen LogP contribution in [0.15, 0.2) is 71.1 Å². The first-order valence-electron chi connectivity index (χ1n) is 11.3. The van der Waals surface area contributed by atoms with Crippen molar-refractivity contribution in [1.29, 1.82) is 0 Å². The van der Waals surface area contributed by atoms with Crippen LogP contribution in [-0.4, -0.2) is 18.8 Å². The first-order chi connectivity index (χ1) is 16.4. The number of dihydropyridines is 1. The molecule has 0 spiro atoms. The zero-order chi connectivity index (χ0) is 25.5. The molecule has 2 aliphatic rings. The number of benzene rings is 2. The lowest BCUT2D eigenvalue weighted by Gasteiger charge is -2.40.